The Morgan fingerprint density at radius 2 is 1.60 bits per heavy atom. The molecule has 2 aromatic carbocycles. The van der Waals surface area contributed by atoms with Gasteiger partial charge in [0.05, 0.1) is 0 Å². The number of rotatable bonds is 1. The van der Waals surface area contributed by atoms with Gasteiger partial charge in [0.15, 0.2) is 0 Å². The monoisotopic (exact) mass is 263 g/mol. The van der Waals surface area contributed by atoms with Gasteiger partial charge in [-0.3, -0.25) is 0 Å². The van der Waals surface area contributed by atoms with E-state index in [0.717, 1.165) is 11.8 Å². The molecule has 4 rings (SSSR count). The van der Waals surface area contributed by atoms with Crippen LogP contribution in [-0.2, 0) is 0 Å². The maximum absolute atomic E-state index is 2.50. The van der Waals surface area contributed by atoms with Crippen LogP contribution in [0.3, 0.4) is 0 Å². The third-order valence-electron chi connectivity index (χ3n) is 5.18. The number of nitrogens with zero attached hydrogens (tertiary/aromatic N) is 1. The highest BCUT2D eigenvalue weighted by Crippen LogP contribution is 2.52. The van der Waals surface area contributed by atoms with Crippen LogP contribution in [-0.4, -0.2) is 25.0 Å². The molecule has 3 atom stereocenters. The van der Waals surface area contributed by atoms with Crippen molar-refractivity contribution in [2.24, 2.45) is 5.92 Å². The number of hydrogen-bond donors (Lipinski definition) is 0. The molecule has 0 radical (unpaired) electrons. The fourth-order valence-electron chi connectivity index (χ4n) is 4.33. The first kappa shape index (κ1) is 12.2. The highest BCUT2D eigenvalue weighted by molar-refractivity contribution is 5.46. The summed E-state index contributed by atoms with van der Waals surface area (Å²) in [5, 5.41) is 0. The summed E-state index contributed by atoms with van der Waals surface area (Å²) in [6.07, 6.45) is 1.31. The normalized spacial score (nSPS) is 28.9. The van der Waals surface area contributed by atoms with Crippen LogP contribution in [0, 0.1) is 5.92 Å². The Kier molecular flexibility index (Phi) is 2.89. The molecule has 1 aliphatic carbocycles. The van der Waals surface area contributed by atoms with Gasteiger partial charge in [-0.05, 0) is 48.5 Å². The van der Waals surface area contributed by atoms with Gasteiger partial charge in [0.25, 0.3) is 0 Å². The van der Waals surface area contributed by atoms with Crippen LogP contribution in [0.4, 0.5) is 0 Å². The molecule has 20 heavy (non-hydrogen) atoms. The molecule has 2 aromatic rings. The highest BCUT2D eigenvalue weighted by Gasteiger charge is 2.43. The van der Waals surface area contributed by atoms with Gasteiger partial charge in [0.1, 0.15) is 0 Å². The second kappa shape index (κ2) is 4.75. The molecule has 2 aliphatic rings. The molecule has 1 aliphatic heterocycles. The van der Waals surface area contributed by atoms with Crippen molar-refractivity contribution in [2.75, 3.05) is 20.1 Å². The second-order valence-corrected chi connectivity index (χ2v) is 6.34. The molecular formula is C19H21N. The summed E-state index contributed by atoms with van der Waals surface area (Å²) in [4.78, 5) is 2.50. The molecule has 0 amide bonds. The first-order chi connectivity index (χ1) is 9.84. The van der Waals surface area contributed by atoms with E-state index in [-0.39, 0.29) is 0 Å². The van der Waals surface area contributed by atoms with E-state index < -0.39 is 0 Å². The van der Waals surface area contributed by atoms with E-state index in [4.69, 9.17) is 0 Å². The molecule has 1 heterocycles. The molecule has 0 N–H and O–H groups in total. The predicted octanol–water partition coefficient (Wildman–Crippen LogP) is 3.87. The molecule has 0 bridgehead atoms. The van der Waals surface area contributed by atoms with Gasteiger partial charge in [-0.25, -0.2) is 0 Å². The van der Waals surface area contributed by atoms with Crippen molar-refractivity contribution in [3.05, 3.63) is 71.3 Å². The first-order valence-corrected chi connectivity index (χ1v) is 7.67. The zero-order valence-corrected chi connectivity index (χ0v) is 12.0. The van der Waals surface area contributed by atoms with E-state index in [9.17, 15) is 0 Å². The molecular weight excluding hydrogens is 242 g/mol. The van der Waals surface area contributed by atoms with Crippen molar-refractivity contribution >= 4 is 0 Å². The first-order valence-electron chi connectivity index (χ1n) is 7.67. The van der Waals surface area contributed by atoms with E-state index in [0.29, 0.717) is 5.92 Å². The summed E-state index contributed by atoms with van der Waals surface area (Å²) in [6.45, 7) is 2.45. The Labute approximate surface area is 121 Å². The lowest BCUT2D eigenvalue weighted by Gasteiger charge is -2.35. The molecule has 0 saturated carbocycles. The molecule has 0 aromatic heterocycles. The van der Waals surface area contributed by atoms with Crippen molar-refractivity contribution in [3.63, 3.8) is 0 Å². The van der Waals surface area contributed by atoms with Crippen LogP contribution in [0.15, 0.2) is 54.6 Å². The number of benzene rings is 2. The van der Waals surface area contributed by atoms with Crippen molar-refractivity contribution in [2.45, 2.75) is 18.3 Å². The lowest BCUT2D eigenvalue weighted by Crippen LogP contribution is -2.36. The van der Waals surface area contributed by atoms with E-state index >= 15 is 0 Å². The Bertz CT molecular complexity index is 604. The number of hydrogen-bond acceptors (Lipinski definition) is 1. The summed E-state index contributed by atoms with van der Waals surface area (Å²) in [7, 11) is 2.27. The van der Waals surface area contributed by atoms with E-state index in [2.05, 4.69) is 66.5 Å². The largest absolute Gasteiger partial charge is 0.306 e. The van der Waals surface area contributed by atoms with E-state index in [1.54, 1.807) is 11.1 Å². The van der Waals surface area contributed by atoms with Crippen LogP contribution < -0.4 is 0 Å². The van der Waals surface area contributed by atoms with Gasteiger partial charge < -0.3 is 4.90 Å². The standard InChI is InChI=1S/C19H21N/c1-20-12-11-16-15-9-5-6-10-17(15)19(18(16)13-20)14-7-3-2-4-8-14/h2-10,16,18-19H,11-13H2,1H3. The molecule has 1 fully saturated rings. The number of piperidine rings is 1. The van der Waals surface area contributed by atoms with Gasteiger partial charge >= 0.3 is 0 Å². The average Bonchev–Trinajstić information content (AvgIpc) is 2.81. The van der Waals surface area contributed by atoms with Crippen molar-refractivity contribution < 1.29 is 0 Å². The molecule has 0 spiro atoms. The van der Waals surface area contributed by atoms with Crippen molar-refractivity contribution in [1.82, 2.24) is 4.90 Å². The minimum absolute atomic E-state index is 0.583. The summed E-state index contributed by atoms with van der Waals surface area (Å²) >= 11 is 0. The maximum Gasteiger partial charge on any atom is 0.0138 e. The van der Waals surface area contributed by atoms with Gasteiger partial charge in [0, 0.05) is 12.5 Å². The van der Waals surface area contributed by atoms with Crippen LogP contribution in [0.1, 0.15) is 34.9 Å². The quantitative estimate of drug-likeness (QED) is 0.755. The zero-order valence-electron chi connectivity index (χ0n) is 12.0. The fraction of sp³-hybridized carbons (Fsp3) is 0.368. The number of likely N-dealkylation sites (tertiary alicyclic amines) is 1. The van der Waals surface area contributed by atoms with Crippen LogP contribution in [0.2, 0.25) is 0 Å². The number of fused-ring (bicyclic) bond motifs is 3. The second-order valence-electron chi connectivity index (χ2n) is 6.34. The van der Waals surface area contributed by atoms with Crippen LogP contribution >= 0.6 is 0 Å². The summed E-state index contributed by atoms with van der Waals surface area (Å²) in [6, 6.07) is 20.2. The van der Waals surface area contributed by atoms with E-state index in [1.165, 1.54) is 25.1 Å². The van der Waals surface area contributed by atoms with Gasteiger partial charge in [-0.15, -0.1) is 0 Å². The van der Waals surface area contributed by atoms with Crippen molar-refractivity contribution in [1.29, 1.82) is 0 Å². The van der Waals surface area contributed by atoms with Gasteiger partial charge in [-0.2, -0.15) is 0 Å². The summed E-state index contributed by atoms with van der Waals surface area (Å²) in [5.74, 6) is 2.08. The zero-order chi connectivity index (χ0) is 13.5. The predicted molar refractivity (Wildman–Crippen MR) is 83.1 cm³/mol. The SMILES string of the molecule is CN1CCC2c3ccccc3C(c3ccccc3)C2C1. The third-order valence-corrected chi connectivity index (χ3v) is 5.18. The fourth-order valence-corrected chi connectivity index (χ4v) is 4.33. The lowest BCUT2D eigenvalue weighted by atomic mass is 9.79. The Morgan fingerprint density at radius 1 is 0.900 bits per heavy atom. The third kappa shape index (κ3) is 1.81. The molecule has 102 valence electrons. The maximum atomic E-state index is 2.50. The minimum atomic E-state index is 0.583. The molecule has 1 saturated heterocycles. The average molecular weight is 263 g/mol. The Hall–Kier alpha value is -1.60. The molecule has 1 heteroatoms. The van der Waals surface area contributed by atoms with E-state index in [1.807, 2.05) is 0 Å². The Morgan fingerprint density at radius 3 is 2.40 bits per heavy atom. The summed E-state index contributed by atoms with van der Waals surface area (Å²) < 4.78 is 0. The summed E-state index contributed by atoms with van der Waals surface area (Å²) in [5.41, 5.74) is 4.67. The Balaban J connectivity index is 1.83. The van der Waals surface area contributed by atoms with Gasteiger partial charge in [-0.1, -0.05) is 54.6 Å². The van der Waals surface area contributed by atoms with Crippen LogP contribution in [0.25, 0.3) is 0 Å². The smallest absolute Gasteiger partial charge is 0.0138 e. The van der Waals surface area contributed by atoms with Gasteiger partial charge in [0.2, 0.25) is 0 Å². The lowest BCUT2D eigenvalue weighted by molar-refractivity contribution is 0.184. The topological polar surface area (TPSA) is 3.24 Å². The van der Waals surface area contributed by atoms with Crippen molar-refractivity contribution in [3.8, 4) is 0 Å². The molecule has 3 unspecified atom stereocenters. The van der Waals surface area contributed by atoms with Crippen LogP contribution in [0.5, 0.6) is 0 Å². The minimum Gasteiger partial charge on any atom is -0.306 e. The molecule has 1 nitrogen and oxygen atoms in total. The highest BCUT2D eigenvalue weighted by atomic mass is 15.1.